The summed E-state index contributed by atoms with van der Waals surface area (Å²) in [5.41, 5.74) is 0. The van der Waals surface area contributed by atoms with Crippen LogP contribution in [0, 0.1) is 17.8 Å². The molecule has 2 saturated heterocycles. The van der Waals surface area contributed by atoms with Crippen molar-refractivity contribution in [3.63, 3.8) is 0 Å². The molecule has 20 heavy (non-hydrogen) atoms. The lowest BCUT2D eigenvalue weighted by Gasteiger charge is -2.45. The minimum absolute atomic E-state index is 0.0141. The van der Waals surface area contributed by atoms with Gasteiger partial charge in [0.05, 0.1) is 13.0 Å². The Morgan fingerprint density at radius 2 is 1.85 bits per heavy atom. The molecule has 3 aliphatic rings. The Labute approximate surface area is 127 Å². The first-order chi connectivity index (χ1) is 9.61. The Bertz CT molecular complexity index is 367. The van der Waals surface area contributed by atoms with E-state index in [4.69, 9.17) is 16.3 Å². The second kappa shape index (κ2) is 5.84. The number of fused-ring (bicyclic) bond motifs is 2. The molecule has 2 heterocycles. The Balaban J connectivity index is 1.79. The highest BCUT2D eigenvalue weighted by Gasteiger charge is 2.51. The molecule has 1 saturated carbocycles. The number of methoxy groups -OCH3 is 1. The Kier molecular flexibility index (Phi) is 4.28. The Morgan fingerprint density at radius 1 is 1.15 bits per heavy atom. The molecule has 3 nitrogen and oxygen atoms in total. The maximum Gasteiger partial charge on any atom is 0.310 e. The highest BCUT2D eigenvalue weighted by molar-refractivity contribution is 6.20. The molecule has 2 bridgehead atoms. The molecule has 0 N–H and O–H groups in total. The molecular weight excluding hydrogens is 274 g/mol. The van der Waals surface area contributed by atoms with Crippen molar-refractivity contribution >= 4 is 17.6 Å². The number of carbonyl (C=O) groups is 1. The largest absolute Gasteiger partial charge is 0.469 e. The summed E-state index contributed by atoms with van der Waals surface area (Å²) in [6.45, 7) is 0. The van der Waals surface area contributed by atoms with Crippen LogP contribution in [0.5, 0.6) is 0 Å². The number of piperidine rings is 1. The highest BCUT2D eigenvalue weighted by Crippen LogP contribution is 2.48. The lowest BCUT2D eigenvalue weighted by molar-refractivity contribution is -0.154. The Morgan fingerprint density at radius 3 is 2.50 bits per heavy atom. The molecule has 0 aromatic heterocycles. The van der Waals surface area contributed by atoms with Crippen LogP contribution in [-0.4, -0.2) is 42.5 Å². The van der Waals surface area contributed by atoms with Crippen LogP contribution in [-0.2, 0) is 9.53 Å². The molecule has 4 unspecified atom stereocenters. The van der Waals surface area contributed by atoms with E-state index < -0.39 is 0 Å². The molecular formula is C16H26ClNO2. The van der Waals surface area contributed by atoms with E-state index in [2.05, 4.69) is 11.9 Å². The molecule has 0 aromatic rings. The number of rotatable bonds is 2. The van der Waals surface area contributed by atoms with E-state index in [1.807, 2.05) is 0 Å². The maximum absolute atomic E-state index is 12.3. The third kappa shape index (κ3) is 2.48. The predicted octanol–water partition coefficient (Wildman–Crippen LogP) is 3.06. The van der Waals surface area contributed by atoms with E-state index >= 15 is 0 Å². The standard InChI is InChI=1S/C16H26ClNO2/c1-18-12-7-8-14(18)15(16(19)20-2)13(9-12)10-3-5-11(17)6-4-10/h10-15H,3-9H2,1-2H3. The van der Waals surface area contributed by atoms with Crippen molar-refractivity contribution < 1.29 is 9.53 Å². The lowest BCUT2D eigenvalue weighted by Crippen LogP contribution is -2.52. The number of hydrogen-bond donors (Lipinski definition) is 0. The van der Waals surface area contributed by atoms with E-state index in [0.29, 0.717) is 29.3 Å². The number of ether oxygens (including phenoxy) is 1. The van der Waals surface area contributed by atoms with Gasteiger partial charge in [-0.2, -0.15) is 0 Å². The molecule has 0 radical (unpaired) electrons. The predicted molar refractivity (Wildman–Crippen MR) is 79.8 cm³/mol. The number of halogens is 1. The van der Waals surface area contributed by atoms with E-state index in [0.717, 1.165) is 19.3 Å². The van der Waals surface area contributed by atoms with Crippen molar-refractivity contribution in [1.29, 1.82) is 0 Å². The molecule has 0 amide bonds. The number of carbonyl (C=O) groups excluding carboxylic acids is 1. The van der Waals surface area contributed by atoms with Crippen LogP contribution in [0.1, 0.15) is 44.9 Å². The third-order valence-electron chi connectivity index (χ3n) is 6.10. The fraction of sp³-hybridized carbons (Fsp3) is 0.938. The number of hydrogen-bond acceptors (Lipinski definition) is 3. The van der Waals surface area contributed by atoms with Crippen molar-refractivity contribution in [2.24, 2.45) is 17.8 Å². The summed E-state index contributed by atoms with van der Waals surface area (Å²) in [5.74, 6) is 1.28. The highest BCUT2D eigenvalue weighted by atomic mass is 35.5. The molecule has 0 aromatic carbocycles. The van der Waals surface area contributed by atoms with Gasteiger partial charge < -0.3 is 4.74 Å². The van der Waals surface area contributed by atoms with Crippen molar-refractivity contribution in [1.82, 2.24) is 4.90 Å². The van der Waals surface area contributed by atoms with E-state index in [1.54, 1.807) is 0 Å². The van der Waals surface area contributed by atoms with Gasteiger partial charge in [0.25, 0.3) is 0 Å². The van der Waals surface area contributed by atoms with Gasteiger partial charge in [-0.3, -0.25) is 9.69 Å². The quantitative estimate of drug-likeness (QED) is 0.580. The molecule has 114 valence electrons. The van der Waals surface area contributed by atoms with Crippen LogP contribution >= 0.6 is 11.6 Å². The summed E-state index contributed by atoms with van der Waals surface area (Å²) in [4.78, 5) is 14.8. The summed E-state index contributed by atoms with van der Waals surface area (Å²) < 4.78 is 5.14. The molecule has 3 fully saturated rings. The van der Waals surface area contributed by atoms with Crippen LogP contribution in [0.4, 0.5) is 0 Å². The second-order valence-electron chi connectivity index (χ2n) is 6.92. The van der Waals surface area contributed by atoms with Crippen LogP contribution in [0.25, 0.3) is 0 Å². The van der Waals surface area contributed by atoms with Gasteiger partial charge in [0, 0.05) is 17.5 Å². The zero-order valence-corrected chi connectivity index (χ0v) is 13.3. The van der Waals surface area contributed by atoms with Gasteiger partial charge >= 0.3 is 5.97 Å². The van der Waals surface area contributed by atoms with Crippen LogP contribution in [0.2, 0.25) is 0 Å². The molecule has 1 aliphatic carbocycles. The first kappa shape index (κ1) is 14.6. The maximum atomic E-state index is 12.3. The van der Waals surface area contributed by atoms with Gasteiger partial charge in [-0.05, 0) is 63.8 Å². The zero-order valence-electron chi connectivity index (χ0n) is 12.6. The first-order valence-electron chi connectivity index (χ1n) is 8.05. The number of alkyl halides is 1. The Hall–Kier alpha value is -0.280. The molecule has 3 rings (SSSR count). The first-order valence-corrected chi connectivity index (χ1v) is 8.49. The monoisotopic (exact) mass is 299 g/mol. The minimum atomic E-state index is 0.0141. The van der Waals surface area contributed by atoms with Gasteiger partial charge in [0.15, 0.2) is 0 Å². The van der Waals surface area contributed by atoms with E-state index in [1.165, 1.54) is 32.8 Å². The average molecular weight is 300 g/mol. The van der Waals surface area contributed by atoms with Crippen LogP contribution in [0.15, 0.2) is 0 Å². The minimum Gasteiger partial charge on any atom is -0.469 e. The van der Waals surface area contributed by atoms with Gasteiger partial charge in [-0.1, -0.05) is 0 Å². The van der Waals surface area contributed by atoms with E-state index in [9.17, 15) is 4.79 Å². The fourth-order valence-electron chi connectivity index (χ4n) is 4.96. The SMILES string of the molecule is COC(=O)C1C(C2CCC(Cl)CC2)CC2CCC1N2C. The van der Waals surface area contributed by atoms with Gasteiger partial charge in [0.2, 0.25) is 0 Å². The van der Waals surface area contributed by atoms with Gasteiger partial charge in [-0.25, -0.2) is 0 Å². The van der Waals surface area contributed by atoms with E-state index in [-0.39, 0.29) is 11.9 Å². The van der Waals surface area contributed by atoms with Crippen molar-refractivity contribution in [2.45, 2.75) is 62.4 Å². The van der Waals surface area contributed by atoms with Crippen LogP contribution in [0.3, 0.4) is 0 Å². The molecule has 2 aliphatic heterocycles. The molecule has 4 heteroatoms. The number of nitrogens with zero attached hydrogens (tertiary/aromatic N) is 1. The van der Waals surface area contributed by atoms with Gasteiger partial charge in [0.1, 0.15) is 0 Å². The summed E-state index contributed by atoms with van der Waals surface area (Å²) in [6, 6.07) is 1.08. The summed E-state index contributed by atoms with van der Waals surface area (Å²) in [5, 5.41) is 0.353. The third-order valence-corrected chi connectivity index (χ3v) is 6.53. The smallest absolute Gasteiger partial charge is 0.310 e. The van der Waals surface area contributed by atoms with Crippen LogP contribution < -0.4 is 0 Å². The summed E-state index contributed by atoms with van der Waals surface area (Å²) in [6.07, 6.45) is 8.18. The number of esters is 1. The van der Waals surface area contributed by atoms with Gasteiger partial charge in [-0.15, -0.1) is 11.6 Å². The van der Waals surface area contributed by atoms with Crippen molar-refractivity contribution in [3.05, 3.63) is 0 Å². The zero-order chi connectivity index (χ0) is 14.3. The fourth-order valence-corrected chi connectivity index (χ4v) is 5.22. The van der Waals surface area contributed by atoms with Crippen molar-refractivity contribution in [2.75, 3.05) is 14.2 Å². The topological polar surface area (TPSA) is 29.5 Å². The molecule has 4 atom stereocenters. The molecule has 0 spiro atoms. The summed E-state index contributed by atoms with van der Waals surface area (Å²) >= 11 is 6.24. The summed E-state index contributed by atoms with van der Waals surface area (Å²) in [7, 11) is 3.72. The second-order valence-corrected chi connectivity index (χ2v) is 7.54. The normalized spacial score (nSPS) is 45.4. The average Bonchev–Trinajstić information content (AvgIpc) is 2.70. The van der Waals surface area contributed by atoms with Crippen molar-refractivity contribution in [3.8, 4) is 0 Å². The lowest BCUT2D eigenvalue weighted by atomic mass is 9.68.